The van der Waals surface area contributed by atoms with Crippen molar-refractivity contribution in [2.24, 2.45) is 11.8 Å². The lowest BCUT2D eigenvalue weighted by molar-refractivity contribution is 0.0623. The van der Waals surface area contributed by atoms with Gasteiger partial charge in [-0.3, -0.25) is 4.79 Å². The van der Waals surface area contributed by atoms with Gasteiger partial charge in [-0.1, -0.05) is 19.9 Å². The van der Waals surface area contributed by atoms with Gasteiger partial charge < -0.3 is 4.90 Å². The van der Waals surface area contributed by atoms with Gasteiger partial charge in [-0.15, -0.1) is 0 Å². The van der Waals surface area contributed by atoms with Crippen molar-refractivity contribution >= 4 is 5.91 Å². The van der Waals surface area contributed by atoms with Gasteiger partial charge in [-0.2, -0.15) is 0 Å². The predicted octanol–water partition coefficient (Wildman–Crippen LogP) is 3.25. The highest BCUT2D eigenvalue weighted by Gasteiger charge is 2.27. The molecule has 0 aliphatic carbocycles. The number of halogens is 1. The fraction of sp³-hybridized carbons (Fsp3) is 0.533. The van der Waals surface area contributed by atoms with Gasteiger partial charge in [0.25, 0.3) is 5.91 Å². The smallest absolute Gasteiger partial charge is 0.256 e. The van der Waals surface area contributed by atoms with Crippen LogP contribution >= 0.6 is 0 Å². The van der Waals surface area contributed by atoms with E-state index >= 15 is 0 Å². The molecular weight excluding hydrogens is 229 g/mol. The van der Waals surface area contributed by atoms with Crippen molar-refractivity contribution in [3.05, 3.63) is 35.1 Å². The molecule has 0 bridgehead atoms. The lowest BCUT2D eigenvalue weighted by Crippen LogP contribution is -2.42. The highest BCUT2D eigenvalue weighted by Crippen LogP contribution is 2.24. The van der Waals surface area contributed by atoms with Gasteiger partial charge in [0.2, 0.25) is 0 Å². The summed E-state index contributed by atoms with van der Waals surface area (Å²) in [6, 6.07) is 4.80. The van der Waals surface area contributed by atoms with Gasteiger partial charge in [0.05, 0.1) is 5.56 Å². The molecule has 1 aliphatic heterocycles. The zero-order chi connectivity index (χ0) is 13.3. The lowest BCUT2D eigenvalue weighted by atomic mass is 9.88. The summed E-state index contributed by atoms with van der Waals surface area (Å²) in [5, 5.41) is 0. The molecule has 0 N–H and O–H groups in total. The average molecular weight is 249 g/mol. The summed E-state index contributed by atoms with van der Waals surface area (Å²) in [5.41, 5.74) is 1.03. The molecule has 2 rings (SSSR count). The highest BCUT2D eigenvalue weighted by atomic mass is 19.1. The van der Waals surface area contributed by atoms with E-state index in [9.17, 15) is 9.18 Å². The molecule has 1 aromatic rings. The number of carbonyl (C=O) groups is 1. The molecule has 1 aromatic carbocycles. The largest absolute Gasteiger partial charge is 0.338 e. The van der Waals surface area contributed by atoms with Crippen molar-refractivity contribution in [1.29, 1.82) is 0 Å². The average Bonchev–Trinajstić information content (AvgIpc) is 2.32. The van der Waals surface area contributed by atoms with Crippen molar-refractivity contribution in [1.82, 2.24) is 4.90 Å². The third-order valence-electron chi connectivity index (χ3n) is 3.98. The van der Waals surface area contributed by atoms with Crippen LogP contribution in [-0.4, -0.2) is 23.9 Å². The van der Waals surface area contributed by atoms with Crippen LogP contribution in [-0.2, 0) is 0 Å². The lowest BCUT2D eigenvalue weighted by Gasteiger charge is -2.35. The second-order valence-corrected chi connectivity index (χ2v) is 5.48. The van der Waals surface area contributed by atoms with E-state index < -0.39 is 5.82 Å². The number of benzene rings is 1. The monoisotopic (exact) mass is 249 g/mol. The standard InChI is InChI=1S/C15H20FNO/c1-10-4-5-13(14(16)8-10)15(18)17-7-6-11(2)12(3)9-17/h4-5,8,11-12H,6-7,9H2,1-3H3. The molecule has 0 spiro atoms. The zero-order valence-electron chi connectivity index (χ0n) is 11.2. The third kappa shape index (κ3) is 2.55. The number of hydrogen-bond acceptors (Lipinski definition) is 1. The maximum atomic E-state index is 13.8. The second kappa shape index (κ2) is 5.09. The summed E-state index contributed by atoms with van der Waals surface area (Å²) in [4.78, 5) is 14.0. The molecule has 2 unspecified atom stereocenters. The molecule has 1 saturated heterocycles. The number of amides is 1. The Bertz CT molecular complexity index is 458. The van der Waals surface area contributed by atoms with E-state index in [2.05, 4.69) is 13.8 Å². The molecule has 1 aliphatic rings. The van der Waals surface area contributed by atoms with Crippen LogP contribution in [0.3, 0.4) is 0 Å². The third-order valence-corrected chi connectivity index (χ3v) is 3.98. The first kappa shape index (κ1) is 13.1. The van der Waals surface area contributed by atoms with Crippen LogP contribution in [0.15, 0.2) is 18.2 Å². The Labute approximate surface area is 108 Å². The summed E-state index contributed by atoms with van der Waals surface area (Å²) in [5.74, 6) is 0.533. The molecule has 0 saturated carbocycles. The number of aryl methyl sites for hydroxylation is 1. The molecule has 0 aromatic heterocycles. The topological polar surface area (TPSA) is 20.3 Å². The van der Waals surface area contributed by atoms with Gasteiger partial charge in [-0.25, -0.2) is 4.39 Å². The van der Waals surface area contributed by atoms with Crippen molar-refractivity contribution in [2.45, 2.75) is 27.2 Å². The number of carbonyl (C=O) groups excluding carboxylic acids is 1. The highest BCUT2D eigenvalue weighted by molar-refractivity contribution is 5.94. The Morgan fingerprint density at radius 3 is 2.67 bits per heavy atom. The van der Waals surface area contributed by atoms with Crippen LogP contribution in [0.4, 0.5) is 4.39 Å². The van der Waals surface area contributed by atoms with Crippen LogP contribution < -0.4 is 0 Å². The van der Waals surface area contributed by atoms with Gasteiger partial charge >= 0.3 is 0 Å². The SMILES string of the molecule is Cc1ccc(C(=O)N2CCC(C)C(C)C2)c(F)c1. The normalized spacial score (nSPS) is 24.1. The number of nitrogens with zero attached hydrogens (tertiary/aromatic N) is 1. The first-order valence-electron chi connectivity index (χ1n) is 6.54. The van der Waals surface area contributed by atoms with Crippen molar-refractivity contribution in [3.63, 3.8) is 0 Å². The van der Waals surface area contributed by atoms with Gasteiger partial charge in [-0.05, 0) is 42.9 Å². The maximum Gasteiger partial charge on any atom is 0.256 e. The van der Waals surface area contributed by atoms with E-state index in [0.717, 1.165) is 25.1 Å². The van der Waals surface area contributed by atoms with E-state index in [1.165, 1.54) is 6.07 Å². The zero-order valence-corrected chi connectivity index (χ0v) is 11.2. The van der Waals surface area contributed by atoms with Crippen molar-refractivity contribution in [3.8, 4) is 0 Å². The molecule has 1 fully saturated rings. The molecule has 1 heterocycles. The molecule has 2 nitrogen and oxygen atoms in total. The maximum absolute atomic E-state index is 13.8. The minimum atomic E-state index is -0.411. The Morgan fingerprint density at radius 2 is 2.06 bits per heavy atom. The second-order valence-electron chi connectivity index (χ2n) is 5.48. The summed E-state index contributed by atoms with van der Waals surface area (Å²) in [6.07, 6.45) is 1.00. The van der Waals surface area contributed by atoms with E-state index in [-0.39, 0.29) is 11.5 Å². The Morgan fingerprint density at radius 1 is 1.33 bits per heavy atom. The summed E-state index contributed by atoms with van der Waals surface area (Å²) >= 11 is 0. The molecule has 18 heavy (non-hydrogen) atoms. The van der Waals surface area contributed by atoms with Crippen LogP contribution in [0.1, 0.15) is 36.2 Å². The van der Waals surface area contributed by atoms with Crippen molar-refractivity contribution in [2.75, 3.05) is 13.1 Å². The van der Waals surface area contributed by atoms with Crippen LogP contribution in [0.2, 0.25) is 0 Å². The molecule has 3 heteroatoms. The number of likely N-dealkylation sites (tertiary alicyclic amines) is 1. The molecule has 2 atom stereocenters. The summed E-state index contributed by atoms with van der Waals surface area (Å²) in [7, 11) is 0. The summed E-state index contributed by atoms with van der Waals surface area (Å²) < 4.78 is 13.8. The van der Waals surface area contributed by atoms with E-state index in [1.54, 1.807) is 17.0 Å². The predicted molar refractivity (Wildman–Crippen MR) is 70.0 cm³/mol. The fourth-order valence-corrected chi connectivity index (χ4v) is 2.41. The minimum Gasteiger partial charge on any atom is -0.338 e. The van der Waals surface area contributed by atoms with Crippen LogP contribution in [0, 0.1) is 24.6 Å². The molecular formula is C15H20FNO. The van der Waals surface area contributed by atoms with Crippen LogP contribution in [0.5, 0.6) is 0 Å². The Balaban J connectivity index is 2.16. The van der Waals surface area contributed by atoms with Crippen molar-refractivity contribution < 1.29 is 9.18 Å². The molecule has 98 valence electrons. The van der Waals surface area contributed by atoms with Gasteiger partial charge in [0.15, 0.2) is 0 Å². The quantitative estimate of drug-likeness (QED) is 0.748. The first-order valence-corrected chi connectivity index (χ1v) is 6.54. The van der Waals surface area contributed by atoms with Crippen LogP contribution in [0.25, 0.3) is 0 Å². The number of piperidine rings is 1. The fourth-order valence-electron chi connectivity index (χ4n) is 2.41. The van der Waals surface area contributed by atoms with Gasteiger partial charge in [0.1, 0.15) is 5.82 Å². The molecule has 0 radical (unpaired) electrons. The van der Waals surface area contributed by atoms with E-state index in [0.29, 0.717) is 11.8 Å². The number of rotatable bonds is 1. The number of hydrogen-bond donors (Lipinski definition) is 0. The molecule has 1 amide bonds. The first-order chi connectivity index (χ1) is 8.49. The van der Waals surface area contributed by atoms with Gasteiger partial charge in [0, 0.05) is 13.1 Å². The van der Waals surface area contributed by atoms with E-state index in [1.807, 2.05) is 6.92 Å². The Kier molecular flexibility index (Phi) is 3.69. The Hall–Kier alpha value is -1.38. The van der Waals surface area contributed by atoms with E-state index in [4.69, 9.17) is 0 Å². The summed E-state index contributed by atoms with van der Waals surface area (Å²) in [6.45, 7) is 7.64. The minimum absolute atomic E-state index is 0.175.